The SMILES string of the molecule is FC1C(F)C(F)C2C3NC(NC4NC(NC5NC(NC6NC(N3)C3C(F)C(F)C(F)C(F)C63)C3C(F)C(F)C(F)C(F)C53)C3C(F)C(F)C(F)C(F)C43)C2C1F.[PbH2]. The molecule has 326 valence electrons. The van der Waals surface area contributed by atoms with E-state index in [9.17, 15) is 35.1 Å². The number of alkyl halides is 16. The van der Waals surface area contributed by atoms with Crippen LogP contribution in [0, 0.1) is 47.3 Å². The topological polar surface area (TPSA) is 96.2 Å². The first-order valence-electron chi connectivity index (χ1n) is 18.8. The third kappa shape index (κ3) is 6.24. The molecule has 8 bridgehead atoms. The van der Waals surface area contributed by atoms with Crippen LogP contribution in [0.3, 0.4) is 0 Å². The molecule has 0 aromatic carbocycles. The summed E-state index contributed by atoms with van der Waals surface area (Å²) >= 11 is 0. The van der Waals surface area contributed by atoms with Crippen LogP contribution in [0.15, 0.2) is 0 Å². The third-order valence-electron chi connectivity index (χ3n) is 14.3. The molecule has 5 saturated heterocycles. The second-order valence-electron chi connectivity index (χ2n) is 16.9. The van der Waals surface area contributed by atoms with Gasteiger partial charge in [-0.05, 0) is 0 Å². The van der Waals surface area contributed by atoms with Crippen molar-refractivity contribution < 1.29 is 70.2 Å². The average molecular weight is 1050 g/mol. The Morgan fingerprint density at radius 1 is 0.158 bits per heavy atom. The van der Waals surface area contributed by atoms with Crippen molar-refractivity contribution >= 4 is 27.3 Å². The zero-order valence-electron chi connectivity index (χ0n) is 29.2. The standard InChI is InChI=1S/C32H40F16N8.Pb.2H/c33-9-1-2(10(34)18(42)17(9)41)26-49-25(1)53-27-3-4(12(36)20(44)19(43)11(3)35)29(50-27)55-31-7-8(16(40)24(48)23(47)15(7)39)32(52-31)56-30-6-5(28(51-30)54-26)13(37)21(45)22(46)14(6)38;;;/h1-32,49-56H;;;. The van der Waals surface area contributed by atoms with Crippen molar-refractivity contribution in [3.8, 4) is 0 Å². The number of hydrogen-bond donors (Lipinski definition) is 8. The molecule has 25 heteroatoms. The molecule has 5 heterocycles. The van der Waals surface area contributed by atoms with E-state index in [0.29, 0.717) is 0 Å². The molecule has 4 saturated carbocycles. The van der Waals surface area contributed by atoms with Crippen molar-refractivity contribution in [3.63, 3.8) is 0 Å². The number of hydrogen-bond acceptors (Lipinski definition) is 8. The molecular formula is C32H42F16N8Pb. The summed E-state index contributed by atoms with van der Waals surface area (Å²) < 4.78 is 246. The maximum atomic E-state index is 15.8. The Labute approximate surface area is 334 Å². The summed E-state index contributed by atoms with van der Waals surface area (Å²) in [6.45, 7) is 0. The summed E-state index contributed by atoms with van der Waals surface area (Å²) in [5, 5.41) is 21.0. The summed E-state index contributed by atoms with van der Waals surface area (Å²) in [7, 11) is 0. The first-order valence-corrected chi connectivity index (χ1v) is 18.8. The summed E-state index contributed by atoms with van der Waals surface area (Å²) in [6.07, 6.45) is -61.1. The summed E-state index contributed by atoms with van der Waals surface area (Å²) in [6, 6.07) is 0. The zero-order chi connectivity index (χ0) is 40.1. The van der Waals surface area contributed by atoms with Gasteiger partial charge in [-0.1, -0.05) is 0 Å². The van der Waals surface area contributed by atoms with E-state index in [4.69, 9.17) is 0 Å². The van der Waals surface area contributed by atoms with E-state index in [1.54, 1.807) is 0 Å². The second kappa shape index (κ2) is 15.4. The van der Waals surface area contributed by atoms with Gasteiger partial charge in [-0.15, -0.1) is 0 Å². The van der Waals surface area contributed by atoms with Crippen molar-refractivity contribution in [2.45, 2.75) is 148 Å². The van der Waals surface area contributed by atoms with E-state index in [1.165, 1.54) is 0 Å². The van der Waals surface area contributed by atoms with E-state index in [-0.39, 0.29) is 27.3 Å². The van der Waals surface area contributed by atoms with Crippen molar-refractivity contribution in [2.75, 3.05) is 0 Å². The van der Waals surface area contributed by atoms with Crippen molar-refractivity contribution in [1.29, 1.82) is 0 Å². The van der Waals surface area contributed by atoms with Gasteiger partial charge in [-0.25, -0.2) is 70.2 Å². The monoisotopic (exact) mass is 1050 g/mol. The molecule has 24 atom stereocenters. The molecule has 0 spiro atoms. The van der Waals surface area contributed by atoms with E-state index in [0.717, 1.165) is 0 Å². The molecule has 9 aliphatic rings. The predicted octanol–water partition coefficient (Wildman–Crippen LogP) is 0.857. The first-order chi connectivity index (χ1) is 26.4. The van der Waals surface area contributed by atoms with E-state index in [2.05, 4.69) is 42.5 Å². The molecule has 9 fully saturated rings. The van der Waals surface area contributed by atoms with E-state index >= 15 is 35.1 Å². The van der Waals surface area contributed by atoms with Gasteiger partial charge in [0.05, 0.1) is 49.3 Å². The fraction of sp³-hybridized carbons (Fsp3) is 1.00. The van der Waals surface area contributed by atoms with Crippen LogP contribution in [0.2, 0.25) is 0 Å². The van der Waals surface area contributed by atoms with Gasteiger partial charge in [-0.3, -0.25) is 42.5 Å². The van der Waals surface area contributed by atoms with Gasteiger partial charge in [0.1, 0.15) is 49.4 Å². The van der Waals surface area contributed by atoms with Crippen LogP contribution in [0.1, 0.15) is 0 Å². The molecule has 0 amide bonds. The van der Waals surface area contributed by atoms with Gasteiger partial charge in [0.25, 0.3) is 0 Å². The van der Waals surface area contributed by atoms with Gasteiger partial charge in [-0.2, -0.15) is 0 Å². The minimum atomic E-state index is -3.07. The minimum absolute atomic E-state index is 0. The molecule has 5 aliphatic heterocycles. The molecule has 24 unspecified atom stereocenters. The number of rotatable bonds is 0. The van der Waals surface area contributed by atoms with Gasteiger partial charge in [0.2, 0.25) is 0 Å². The molecule has 9 rings (SSSR count). The molecule has 57 heavy (non-hydrogen) atoms. The molecule has 4 aliphatic carbocycles. The van der Waals surface area contributed by atoms with Crippen LogP contribution in [0.25, 0.3) is 0 Å². The first kappa shape index (κ1) is 43.1. The summed E-state index contributed by atoms with van der Waals surface area (Å²) in [5.74, 6) is -15.4. The molecule has 8 nitrogen and oxygen atoms in total. The number of halogens is 16. The van der Waals surface area contributed by atoms with Crippen LogP contribution in [0.5, 0.6) is 0 Å². The van der Waals surface area contributed by atoms with Crippen LogP contribution >= 0.6 is 0 Å². The van der Waals surface area contributed by atoms with Crippen molar-refractivity contribution in [1.82, 2.24) is 42.5 Å². The predicted molar refractivity (Wildman–Crippen MR) is 170 cm³/mol. The van der Waals surface area contributed by atoms with Gasteiger partial charge in [0.15, 0.2) is 49.4 Å². The molecule has 0 aromatic rings. The van der Waals surface area contributed by atoms with Crippen LogP contribution in [0.4, 0.5) is 70.2 Å². The molecular weight excluding hydrogens is 1010 g/mol. The Bertz CT molecular complexity index is 1170. The quantitative estimate of drug-likeness (QED) is 0.134. The van der Waals surface area contributed by atoms with E-state index in [1.807, 2.05) is 0 Å². The zero-order valence-corrected chi connectivity index (χ0v) is 34.7. The summed E-state index contributed by atoms with van der Waals surface area (Å²) in [5.41, 5.74) is 0. The second-order valence-corrected chi connectivity index (χ2v) is 16.9. The Morgan fingerprint density at radius 3 is 0.333 bits per heavy atom. The molecule has 0 aromatic heterocycles. The van der Waals surface area contributed by atoms with Crippen LogP contribution in [-0.4, -0.2) is 175 Å². The molecule has 2 radical (unpaired) electrons. The Hall–Kier alpha value is -0.518. The summed E-state index contributed by atoms with van der Waals surface area (Å²) in [4.78, 5) is 0. The number of fused-ring (bicyclic) bond motifs is 20. The van der Waals surface area contributed by atoms with Crippen LogP contribution < -0.4 is 42.5 Å². The Kier molecular flexibility index (Phi) is 11.6. The van der Waals surface area contributed by atoms with Crippen LogP contribution in [-0.2, 0) is 0 Å². The van der Waals surface area contributed by atoms with Gasteiger partial charge < -0.3 is 0 Å². The van der Waals surface area contributed by atoms with Gasteiger partial charge >= 0.3 is 27.3 Å². The third-order valence-corrected chi connectivity index (χ3v) is 14.3. The normalized spacial score (nSPS) is 64.8. The fourth-order valence-electron chi connectivity index (χ4n) is 11.8. The van der Waals surface area contributed by atoms with E-state index < -0.39 is 195 Å². The average Bonchev–Trinajstić information content (AvgIpc) is 3.92. The number of nitrogens with one attached hydrogen (secondary N) is 8. The Balaban J connectivity index is 0.00000455. The van der Waals surface area contributed by atoms with Crippen molar-refractivity contribution in [2.24, 2.45) is 47.3 Å². The van der Waals surface area contributed by atoms with Crippen molar-refractivity contribution in [3.05, 3.63) is 0 Å². The fourth-order valence-corrected chi connectivity index (χ4v) is 11.8. The maximum absolute atomic E-state index is 15.8. The van der Waals surface area contributed by atoms with Gasteiger partial charge in [0, 0.05) is 47.3 Å². The Morgan fingerprint density at radius 2 is 0.246 bits per heavy atom. The molecule has 8 N–H and O–H groups in total.